The maximum atomic E-state index is 5.55. The van der Waals surface area contributed by atoms with Crippen molar-refractivity contribution in [1.82, 2.24) is 20.6 Å². The summed E-state index contributed by atoms with van der Waals surface area (Å²) >= 11 is 1.76. The molecule has 0 saturated carbocycles. The molecule has 8 heteroatoms. The van der Waals surface area contributed by atoms with Crippen molar-refractivity contribution in [2.45, 2.75) is 46.8 Å². The molecule has 2 heterocycles. The SMILES string of the molecule is CN=C(NCCc1nc(C)c(C)s1)NCc1ccc(OC(C)C)nc1.I. The van der Waals surface area contributed by atoms with Crippen molar-refractivity contribution in [2.24, 2.45) is 4.99 Å². The largest absolute Gasteiger partial charge is 0.475 e. The molecule has 2 aromatic rings. The molecule has 2 N–H and O–H groups in total. The van der Waals surface area contributed by atoms with E-state index in [1.165, 1.54) is 4.88 Å². The van der Waals surface area contributed by atoms with Crippen LogP contribution in [0.2, 0.25) is 0 Å². The number of aromatic nitrogens is 2. The van der Waals surface area contributed by atoms with Crippen molar-refractivity contribution in [2.75, 3.05) is 13.6 Å². The molecule has 26 heavy (non-hydrogen) atoms. The molecule has 0 fully saturated rings. The third kappa shape index (κ3) is 7.45. The van der Waals surface area contributed by atoms with Crippen molar-refractivity contribution in [3.8, 4) is 5.88 Å². The summed E-state index contributed by atoms with van der Waals surface area (Å²) < 4.78 is 5.55. The molecule has 0 amide bonds. The number of ether oxygens (including phenoxy) is 1. The summed E-state index contributed by atoms with van der Waals surface area (Å²) in [6, 6.07) is 3.90. The third-order valence-corrected chi connectivity index (χ3v) is 4.67. The zero-order chi connectivity index (χ0) is 18.2. The minimum atomic E-state index is 0. The molecular weight excluding hydrogens is 461 g/mol. The molecule has 0 aliphatic rings. The van der Waals surface area contributed by atoms with E-state index in [-0.39, 0.29) is 30.1 Å². The topological polar surface area (TPSA) is 71.4 Å². The second kappa shape index (κ2) is 11.3. The fraction of sp³-hybridized carbons (Fsp3) is 0.500. The number of aliphatic imine (C=N–C) groups is 1. The Morgan fingerprint density at radius 2 is 2.04 bits per heavy atom. The van der Waals surface area contributed by atoms with Gasteiger partial charge in [-0.3, -0.25) is 4.99 Å². The highest BCUT2D eigenvalue weighted by atomic mass is 127. The van der Waals surface area contributed by atoms with E-state index < -0.39 is 0 Å². The van der Waals surface area contributed by atoms with Crippen LogP contribution >= 0.6 is 35.3 Å². The molecule has 0 unspecified atom stereocenters. The van der Waals surface area contributed by atoms with E-state index in [1.54, 1.807) is 18.4 Å². The molecule has 0 atom stereocenters. The van der Waals surface area contributed by atoms with Crippen molar-refractivity contribution in [3.63, 3.8) is 0 Å². The highest BCUT2D eigenvalue weighted by Crippen LogP contribution is 2.16. The van der Waals surface area contributed by atoms with Crippen LogP contribution in [0, 0.1) is 13.8 Å². The van der Waals surface area contributed by atoms with Crippen LogP contribution in [0.1, 0.15) is 35.0 Å². The lowest BCUT2D eigenvalue weighted by Gasteiger charge is -2.12. The van der Waals surface area contributed by atoms with Gasteiger partial charge in [0.1, 0.15) is 0 Å². The summed E-state index contributed by atoms with van der Waals surface area (Å²) in [6.07, 6.45) is 2.84. The van der Waals surface area contributed by atoms with E-state index in [0.29, 0.717) is 12.4 Å². The Kier molecular flexibility index (Phi) is 9.85. The third-order valence-electron chi connectivity index (χ3n) is 3.54. The molecule has 144 valence electrons. The molecule has 6 nitrogen and oxygen atoms in total. The van der Waals surface area contributed by atoms with E-state index in [1.807, 2.05) is 32.2 Å². The Hall–Kier alpha value is -1.42. The van der Waals surface area contributed by atoms with Crippen molar-refractivity contribution in [3.05, 3.63) is 39.5 Å². The monoisotopic (exact) mass is 489 g/mol. The van der Waals surface area contributed by atoms with Crippen LogP contribution in [0.25, 0.3) is 0 Å². The Morgan fingerprint density at radius 3 is 2.58 bits per heavy atom. The van der Waals surface area contributed by atoms with Crippen LogP contribution in [0.5, 0.6) is 5.88 Å². The number of nitrogens with one attached hydrogen (secondary N) is 2. The van der Waals surface area contributed by atoms with Crippen LogP contribution in [-0.4, -0.2) is 35.6 Å². The Bertz CT molecular complexity index is 681. The smallest absolute Gasteiger partial charge is 0.213 e. The van der Waals surface area contributed by atoms with Gasteiger partial charge in [0.05, 0.1) is 16.8 Å². The second-order valence-electron chi connectivity index (χ2n) is 6.02. The summed E-state index contributed by atoms with van der Waals surface area (Å²) in [5.74, 6) is 1.42. The zero-order valence-corrected chi connectivity index (χ0v) is 19.1. The molecule has 0 aliphatic heterocycles. The van der Waals surface area contributed by atoms with Gasteiger partial charge in [-0.15, -0.1) is 35.3 Å². The highest BCUT2D eigenvalue weighted by Gasteiger charge is 2.05. The van der Waals surface area contributed by atoms with Crippen molar-refractivity contribution >= 4 is 41.3 Å². The minimum absolute atomic E-state index is 0. The summed E-state index contributed by atoms with van der Waals surface area (Å²) in [6.45, 7) is 9.59. The Labute approximate surface area is 176 Å². The molecule has 0 aromatic carbocycles. The van der Waals surface area contributed by atoms with Crippen LogP contribution in [0.3, 0.4) is 0 Å². The first-order chi connectivity index (χ1) is 12.0. The van der Waals surface area contributed by atoms with Gasteiger partial charge in [0.25, 0.3) is 0 Å². The van der Waals surface area contributed by atoms with E-state index in [9.17, 15) is 0 Å². The lowest BCUT2D eigenvalue weighted by Crippen LogP contribution is -2.37. The normalized spacial score (nSPS) is 11.2. The quantitative estimate of drug-likeness (QED) is 0.354. The van der Waals surface area contributed by atoms with Crippen LogP contribution in [-0.2, 0) is 13.0 Å². The fourth-order valence-electron chi connectivity index (χ4n) is 2.17. The van der Waals surface area contributed by atoms with Gasteiger partial charge >= 0.3 is 0 Å². The summed E-state index contributed by atoms with van der Waals surface area (Å²) in [4.78, 5) is 14.4. The van der Waals surface area contributed by atoms with Gasteiger partial charge in [-0.25, -0.2) is 9.97 Å². The standard InChI is InChI=1S/C18H27N5OS.HI/c1-12(2)24-16-7-6-15(10-21-16)11-22-18(19-5)20-9-8-17-23-13(3)14(4)25-17;/h6-7,10,12H,8-9,11H2,1-5H3,(H2,19,20,22);1H. The Morgan fingerprint density at radius 1 is 1.27 bits per heavy atom. The molecule has 0 spiro atoms. The van der Waals surface area contributed by atoms with E-state index in [0.717, 1.165) is 35.2 Å². The van der Waals surface area contributed by atoms with Gasteiger partial charge in [-0.2, -0.15) is 0 Å². The molecule has 0 bridgehead atoms. The van der Waals surface area contributed by atoms with Crippen molar-refractivity contribution < 1.29 is 4.74 Å². The number of pyridine rings is 1. The predicted molar refractivity (Wildman–Crippen MR) is 119 cm³/mol. The molecule has 2 aromatic heterocycles. The van der Waals surface area contributed by atoms with Gasteiger partial charge in [0.2, 0.25) is 5.88 Å². The van der Waals surface area contributed by atoms with Gasteiger partial charge in [0.15, 0.2) is 5.96 Å². The van der Waals surface area contributed by atoms with Crippen LogP contribution < -0.4 is 15.4 Å². The van der Waals surface area contributed by atoms with E-state index in [4.69, 9.17) is 4.74 Å². The zero-order valence-electron chi connectivity index (χ0n) is 16.0. The van der Waals surface area contributed by atoms with Gasteiger partial charge in [-0.1, -0.05) is 6.07 Å². The summed E-state index contributed by atoms with van der Waals surface area (Å²) in [5.41, 5.74) is 2.20. The molecule has 2 rings (SSSR count). The van der Waals surface area contributed by atoms with Gasteiger partial charge in [-0.05, 0) is 33.3 Å². The first-order valence-corrected chi connectivity index (χ1v) is 9.28. The molecule has 0 aliphatic carbocycles. The number of hydrogen-bond donors (Lipinski definition) is 2. The lowest BCUT2D eigenvalue weighted by molar-refractivity contribution is 0.232. The first kappa shape index (κ1) is 22.6. The highest BCUT2D eigenvalue weighted by molar-refractivity contribution is 14.0. The lowest BCUT2D eigenvalue weighted by atomic mass is 10.3. The van der Waals surface area contributed by atoms with Crippen LogP contribution in [0.4, 0.5) is 0 Å². The maximum Gasteiger partial charge on any atom is 0.213 e. The van der Waals surface area contributed by atoms with Crippen molar-refractivity contribution in [1.29, 1.82) is 0 Å². The average molecular weight is 489 g/mol. The second-order valence-corrected chi connectivity index (χ2v) is 7.31. The number of aryl methyl sites for hydroxylation is 2. The van der Waals surface area contributed by atoms with Gasteiger partial charge in [0, 0.05) is 43.7 Å². The number of hydrogen-bond acceptors (Lipinski definition) is 5. The molecular formula is C18H28IN5OS. The fourth-order valence-corrected chi connectivity index (χ4v) is 3.10. The minimum Gasteiger partial charge on any atom is -0.475 e. The average Bonchev–Trinajstić information content (AvgIpc) is 2.89. The molecule has 0 saturated heterocycles. The summed E-state index contributed by atoms with van der Waals surface area (Å²) in [7, 11) is 1.77. The number of rotatable bonds is 7. The Balaban J connectivity index is 0.00000338. The van der Waals surface area contributed by atoms with Gasteiger partial charge < -0.3 is 15.4 Å². The first-order valence-electron chi connectivity index (χ1n) is 8.47. The number of thiazole rings is 1. The van der Waals surface area contributed by atoms with E-state index in [2.05, 4.69) is 39.4 Å². The predicted octanol–water partition coefficient (Wildman–Crippen LogP) is 3.47. The maximum absolute atomic E-state index is 5.55. The van der Waals surface area contributed by atoms with E-state index >= 15 is 0 Å². The molecule has 0 radical (unpaired) electrons. The van der Waals surface area contributed by atoms with Crippen LogP contribution in [0.15, 0.2) is 23.3 Å². The number of halogens is 1. The summed E-state index contributed by atoms with van der Waals surface area (Å²) in [5, 5.41) is 7.76. The number of guanidine groups is 1. The number of nitrogens with zero attached hydrogens (tertiary/aromatic N) is 3.